The van der Waals surface area contributed by atoms with Crippen LogP contribution in [0.15, 0.2) is 58.5 Å². The molecule has 0 fully saturated rings. The van der Waals surface area contributed by atoms with Crippen LogP contribution in [0.3, 0.4) is 0 Å². The van der Waals surface area contributed by atoms with Crippen LogP contribution in [0.1, 0.15) is 33.3 Å². The topological polar surface area (TPSA) is 81.5 Å². The SMILES string of the molecule is COc1ccc(C=O)cc1CSc1nc2sc3c(c2c(=O)n1-c1ccccc1)CCN(C(C)=O)C3. The van der Waals surface area contributed by atoms with E-state index in [9.17, 15) is 14.4 Å². The standard InChI is InChI=1S/C26H23N3O4S2/c1-16(31)28-11-10-20-22(13-28)35-24-23(20)25(32)29(19-6-4-3-5-7-19)26(27-24)34-15-18-12-17(14-30)8-9-21(18)33-2/h3-9,12,14H,10-11,13,15H2,1-2H3. The van der Waals surface area contributed by atoms with Crippen LogP contribution in [0.4, 0.5) is 0 Å². The lowest BCUT2D eigenvalue weighted by atomic mass is 10.1. The number of hydrogen-bond acceptors (Lipinski definition) is 7. The molecule has 0 bridgehead atoms. The summed E-state index contributed by atoms with van der Waals surface area (Å²) in [6, 6.07) is 14.8. The van der Waals surface area contributed by atoms with E-state index in [4.69, 9.17) is 9.72 Å². The molecule has 2 aromatic carbocycles. The van der Waals surface area contributed by atoms with Crippen molar-refractivity contribution in [3.05, 3.63) is 80.5 Å². The first kappa shape index (κ1) is 23.3. The third kappa shape index (κ3) is 4.37. The van der Waals surface area contributed by atoms with Crippen molar-refractivity contribution in [2.45, 2.75) is 30.8 Å². The summed E-state index contributed by atoms with van der Waals surface area (Å²) in [6.07, 6.45) is 1.45. The Balaban J connectivity index is 1.62. The second-order valence-corrected chi connectivity index (χ2v) is 10.2. The maximum Gasteiger partial charge on any atom is 0.267 e. The summed E-state index contributed by atoms with van der Waals surface area (Å²) in [6.45, 7) is 2.68. The molecule has 178 valence electrons. The van der Waals surface area contributed by atoms with Gasteiger partial charge in [-0.1, -0.05) is 30.0 Å². The molecule has 1 amide bonds. The zero-order valence-electron chi connectivity index (χ0n) is 19.3. The number of ether oxygens (including phenoxy) is 1. The molecule has 7 nitrogen and oxygen atoms in total. The Bertz CT molecular complexity index is 1490. The number of aldehydes is 1. The number of thiophene rings is 1. The molecule has 0 aliphatic carbocycles. The van der Waals surface area contributed by atoms with E-state index in [0.29, 0.717) is 51.9 Å². The molecule has 4 aromatic rings. The number of para-hydroxylation sites is 1. The summed E-state index contributed by atoms with van der Waals surface area (Å²) in [5, 5.41) is 1.20. The van der Waals surface area contributed by atoms with Crippen molar-refractivity contribution < 1.29 is 14.3 Å². The highest BCUT2D eigenvalue weighted by Gasteiger charge is 2.26. The van der Waals surface area contributed by atoms with Crippen LogP contribution in [0.25, 0.3) is 15.9 Å². The Kier molecular flexibility index (Phi) is 6.44. The first-order valence-corrected chi connectivity index (χ1v) is 12.9. The van der Waals surface area contributed by atoms with Gasteiger partial charge in [0.15, 0.2) is 5.16 Å². The number of benzene rings is 2. The highest BCUT2D eigenvalue weighted by atomic mass is 32.2. The highest BCUT2D eigenvalue weighted by Crippen LogP contribution is 2.35. The van der Waals surface area contributed by atoms with Crippen LogP contribution < -0.4 is 10.3 Å². The Morgan fingerprint density at radius 2 is 2.03 bits per heavy atom. The molecule has 0 saturated carbocycles. The summed E-state index contributed by atoms with van der Waals surface area (Å²) in [5.74, 6) is 1.18. The van der Waals surface area contributed by atoms with Crippen LogP contribution in [-0.2, 0) is 23.5 Å². The van der Waals surface area contributed by atoms with E-state index in [1.54, 1.807) is 41.7 Å². The normalized spacial score (nSPS) is 13.0. The van der Waals surface area contributed by atoms with Gasteiger partial charge in [-0.2, -0.15) is 0 Å². The first-order chi connectivity index (χ1) is 17.0. The average molecular weight is 506 g/mol. The number of methoxy groups -OCH3 is 1. The minimum Gasteiger partial charge on any atom is -0.496 e. The molecule has 0 saturated heterocycles. The maximum atomic E-state index is 13.9. The van der Waals surface area contributed by atoms with Crippen LogP contribution in [0, 0.1) is 0 Å². The van der Waals surface area contributed by atoms with Crippen LogP contribution in [-0.4, -0.2) is 40.3 Å². The van der Waals surface area contributed by atoms with E-state index in [-0.39, 0.29) is 11.5 Å². The molecule has 5 rings (SSSR count). The fourth-order valence-electron chi connectivity index (χ4n) is 4.32. The van der Waals surface area contributed by atoms with Crippen LogP contribution >= 0.6 is 23.1 Å². The predicted molar refractivity (Wildman–Crippen MR) is 138 cm³/mol. The lowest BCUT2D eigenvalue weighted by Crippen LogP contribution is -2.34. The average Bonchev–Trinajstić information content (AvgIpc) is 3.25. The van der Waals surface area contributed by atoms with Crippen LogP contribution in [0.5, 0.6) is 5.75 Å². The molecule has 0 atom stereocenters. The third-order valence-corrected chi connectivity index (χ3v) is 8.20. The second kappa shape index (κ2) is 9.67. The fraction of sp³-hybridized carbons (Fsp3) is 0.231. The quantitative estimate of drug-likeness (QED) is 0.219. The van der Waals surface area contributed by atoms with E-state index in [2.05, 4.69) is 0 Å². The number of amides is 1. The van der Waals surface area contributed by atoms with E-state index in [0.717, 1.165) is 28.0 Å². The lowest BCUT2D eigenvalue weighted by Gasteiger charge is -2.25. The van der Waals surface area contributed by atoms with Crippen molar-refractivity contribution in [3.8, 4) is 11.4 Å². The summed E-state index contributed by atoms with van der Waals surface area (Å²) >= 11 is 2.91. The van der Waals surface area contributed by atoms with E-state index in [1.807, 2.05) is 30.3 Å². The van der Waals surface area contributed by atoms with Crippen molar-refractivity contribution >= 4 is 45.5 Å². The summed E-state index contributed by atoms with van der Waals surface area (Å²) in [5.41, 5.74) is 3.04. The molecule has 0 radical (unpaired) electrons. The number of thioether (sulfide) groups is 1. The molecule has 2 aromatic heterocycles. The molecule has 0 spiro atoms. The minimum atomic E-state index is -0.105. The Morgan fingerprint density at radius 3 is 2.74 bits per heavy atom. The van der Waals surface area contributed by atoms with Crippen molar-refractivity contribution in [3.63, 3.8) is 0 Å². The largest absolute Gasteiger partial charge is 0.496 e. The molecule has 3 heterocycles. The number of aromatic nitrogens is 2. The number of nitrogens with zero attached hydrogens (tertiary/aromatic N) is 3. The number of carbonyl (C=O) groups is 2. The predicted octanol–water partition coefficient (Wildman–Crippen LogP) is 4.47. The number of hydrogen-bond donors (Lipinski definition) is 0. The monoisotopic (exact) mass is 505 g/mol. The summed E-state index contributed by atoms with van der Waals surface area (Å²) in [7, 11) is 1.59. The minimum absolute atomic E-state index is 0.0329. The van der Waals surface area contributed by atoms with Crippen molar-refractivity contribution in [1.29, 1.82) is 0 Å². The second-order valence-electron chi connectivity index (χ2n) is 8.22. The summed E-state index contributed by atoms with van der Waals surface area (Å²) < 4.78 is 7.14. The zero-order chi connectivity index (χ0) is 24.5. The molecule has 0 unspecified atom stereocenters. The van der Waals surface area contributed by atoms with Gasteiger partial charge in [-0.05, 0) is 42.3 Å². The Labute approximate surface area is 210 Å². The zero-order valence-corrected chi connectivity index (χ0v) is 20.9. The van der Waals surface area contributed by atoms with Gasteiger partial charge in [0.05, 0.1) is 24.7 Å². The van der Waals surface area contributed by atoms with E-state index >= 15 is 0 Å². The summed E-state index contributed by atoms with van der Waals surface area (Å²) in [4.78, 5) is 45.6. The fourth-order valence-corrected chi connectivity index (χ4v) is 6.59. The first-order valence-electron chi connectivity index (χ1n) is 11.1. The molecule has 1 aliphatic heterocycles. The van der Waals surface area contributed by atoms with E-state index in [1.165, 1.54) is 23.1 Å². The molecule has 1 aliphatic rings. The van der Waals surface area contributed by atoms with Crippen molar-refractivity contribution in [1.82, 2.24) is 14.5 Å². The van der Waals surface area contributed by atoms with Gasteiger partial charge in [-0.25, -0.2) is 4.98 Å². The van der Waals surface area contributed by atoms with Crippen LogP contribution in [0.2, 0.25) is 0 Å². The van der Waals surface area contributed by atoms with Gasteiger partial charge in [0.25, 0.3) is 5.56 Å². The van der Waals surface area contributed by atoms with Gasteiger partial charge in [0, 0.05) is 35.2 Å². The smallest absolute Gasteiger partial charge is 0.267 e. The number of fused-ring (bicyclic) bond motifs is 3. The number of rotatable bonds is 6. The van der Waals surface area contributed by atoms with E-state index < -0.39 is 0 Å². The van der Waals surface area contributed by atoms with Crippen molar-refractivity contribution in [2.75, 3.05) is 13.7 Å². The molecular weight excluding hydrogens is 482 g/mol. The molecule has 35 heavy (non-hydrogen) atoms. The van der Waals surface area contributed by atoms with Gasteiger partial charge in [0.2, 0.25) is 5.91 Å². The van der Waals surface area contributed by atoms with Crippen molar-refractivity contribution in [2.24, 2.45) is 0 Å². The van der Waals surface area contributed by atoms with Gasteiger partial charge in [-0.3, -0.25) is 19.0 Å². The van der Waals surface area contributed by atoms with Gasteiger partial charge in [-0.15, -0.1) is 11.3 Å². The molecule has 0 N–H and O–H groups in total. The van der Waals surface area contributed by atoms with Gasteiger partial charge >= 0.3 is 0 Å². The number of carbonyl (C=O) groups excluding carboxylic acids is 2. The lowest BCUT2D eigenvalue weighted by molar-refractivity contribution is -0.129. The van der Waals surface area contributed by atoms with Gasteiger partial charge < -0.3 is 9.64 Å². The third-order valence-electron chi connectivity index (χ3n) is 6.10. The highest BCUT2D eigenvalue weighted by molar-refractivity contribution is 7.98. The molecule has 9 heteroatoms. The molecular formula is C26H23N3O4S2. The maximum absolute atomic E-state index is 13.9. The Morgan fingerprint density at radius 1 is 1.23 bits per heavy atom. The Hall–Kier alpha value is -3.43. The van der Waals surface area contributed by atoms with Gasteiger partial charge in [0.1, 0.15) is 16.9 Å².